The van der Waals surface area contributed by atoms with Gasteiger partial charge in [-0.2, -0.15) is 0 Å². The number of halogens is 2. The summed E-state index contributed by atoms with van der Waals surface area (Å²) >= 11 is 1.03. The van der Waals surface area contributed by atoms with Crippen LogP contribution in [0.25, 0.3) is 17.3 Å². The normalized spacial score (nSPS) is 10.8. The van der Waals surface area contributed by atoms with E-state index in [-0.39, 0.29) is 16.4 Å². The van der Waals surface area contributed by atoms with Gasteiger partial charge in [0.25, 0.3) is 5.91 Å². The molecule has 0 fully saturated rings. The van der Waals surface area contributed by atoms with Crippen molar-refractivity contribution in [3.05, 3.63) is 65.1 Å². The van der Waals surface area contributed by atoms with Crippen LogP contribution in [0.5, 0.6) is 11.5 Å². The van der Waals surface area contributed by atoms with E-state index in [1.54, 1.807) is 18.2 Å². The summed E-state index contributed by atoms with van der Waals surface area (Å²) in [5, 5.41) is 4.08. The van der Waals surface area contributed by atoms with Crippen molar-refractivity contribution in [2.75, 3.05) is 26.1 Å². The first-order valence-electron chi connectivity index (χ1n) is 9.17. The van der Waals surface area contributed by atoms with E-state index in [0.29, 0.717) is 17.1 Å². The molecule has 0 aliphatic carbocycles. The monoisotopic (exact) mass is 460 g/mol. The first-order valence-corrected chi connectivity index (χ1v) is 10.0. The molecule has 0 saturated carbocycles. The predicted octanol–water partition coefficient (Wildman–Crippen LogP) is 4.30. The number of ether oxygens (including phenoxy) is 3. The molecule has 0 aliphatic heterocycles. The smallest absolute Gasteiger partial charge is 0.331 e. The van der Waals surface area contributed by atoms with Crippen LogP contribution in [0.15, 0.2) is 47.9 Å². The number of benzene rings is 2. The van der Waals surface area contributed by atoms with Crippen molar-refractivity contribution >= 4 is 34.4 Å². The maximum absolute atomic E-state index is 13.9. The molecular weight excluding hydrogens is 442 g/mol. The van der Waals surface area contributed by atoms with Gasteiger partial charge in [0.1, 0.15) is 23.1 Å². The minimum atomic E-state index is -0.736. The lowest BCUT2D eigenvalue weighted by molar-refractivity contribution is -0.142. The van der Waals surface area contributed by atoms with E-state index in [9.17, 15) is 18.4 Å². The van der Waals surface area contributed by atoms with E-state index in [0.717, 1.165) is 35.6 Å². The summed E-state index contributed by atoms with van der Waals surface area (Å²) in [6.45, 7) is -0.549. The molecule has 0 atom stereocenters. The van der Waals surface area contributed by atoms with Crippen LogP contribution in [0.1, 0.15) is 5.56 Å². The number of methoxy groups -OCH3 is 2. The number of nitrogens with one attached hydrogen (secondary N) is 1. The first kappa shape index (κ1) is 22.9. The zero-order valence-corrected chi connectivity index (χ0v) is 17.9. The summed E-state index contributed by atoms with van der Waals surface area (Å²) < 4.78 is 42.4. The van der Waals surface area contributed by atoms with Gasteiger partial charge in [0.2, 0.25) is 0 Å². The van der Waals surface area contributed by atoms with Crippen molar-refractivity contribution in [1.29, 1.82) is 0 Å². The number of nitrogens with zero attached hydrogens (tertiary/aromatic N) is 1. The highest BCUT2D eigenvalue weighted by Crippen LogP contribution is 2.28. The predicted molar refractivity (Wildman–Crippen MR) is 116 cm³/mol. The fraction of sp³-hybridized carbons (Fsp3) is 0.136. The molecule has 1 amide bonds. The second-order valence-corrected chi connectivity index (χ2v) is 7.12. The summed E-state index contributed by atoms with van der Waals surface area (Å²) in [7, 11) is 3.01. The van der Waals surface area contributed by atoms with Crippen LogP contribution in [0.4, 0.5) is 13.9 Å². The number of amides is 1. The number of hydrogen-bond donors (Lipinski definition) is 1. The number of aromatic nitrogens is 1. The van der Waals surface area contributed by atoms with Crippen LogP contribution in [0.2, 0.25) is 0 Å². The van der Waals surface area contributed by atoms with Gasteiger partial charge < -0.3 is 14.2 Å². The highest BCUT2D eigenvalue weighted by Gasteiger charge is 2.13. The van der Waals surface area contributed by atoms with Crippen LogP contribution < -0.4 is 14.8 Å². The minimum absolute atomic E-state index is 0.0210. The largest absolute Gasteiger partial charge is 0.497 e. The van der Waals surface area contributed by atoms with Crippen LogP contribution in [-0.4, -0.2) is 37.7 Å². The molecule has 10 heteroatoms. The van der Waals surface area contributed by atoms with E-state index < -0.39 is 30.1 Å². The molecule has 1 aromatic heterocycles. The summed E-state index contributed by atoms with van der Waals surface area (Å²) in [6.07, 6.45) is 2.64. The summed E-state index contributed by atoms with van der Waals surface area (Å²) in [6, 6.07) is 8.09. The van der Waals surface area contributed by atoms with E-state index >= 15 is 0 Å². The molecule has 3 rings (SSSR count). The molecule has 0 spiro atoms. The molecule has 166 valence electrons. The maximum Gasteiger partial charge on any atom is 0.331 e. The molecule has 0 radical (unpaired) electrons. The van der Waals surface area contributed by atoms with Gasteiger partial charge in [-0.3, -0.25) is 10.1 Å². The van der Waals surface area contributed by atoms with E-state index in [1.165, 1.54) is 25.7 Å². The fourth-order valence-electron chi connectivity index (χ4n) is 2.60. The van der Waals surface area contributed by atoms with Gasteiger partial charge in [-0.1, -0.05) is 0 Å². The Morgan fingerprint density at radius 2 is 1.94 bits per heavy atom. The second kappa shape index (κ2) is 10.5. The van der Waals surface area contributed by atoms with E-state index in [2.05, 4.69) is 10.3 Å². The molecule has 3 aromatic rings. The number of rotatable bonds is 8. The van der Waals surface area contributed by atoms with Crippen LogP contribution in [-0.2, 0) is 14.3 Å². The Hall–Kier alpha value is -3.79. The molecule has 0 bridgehead atoms. The van der Waals surface area contributed by atoms with Gasteiger partial charge in [-0.15, -0.1) is 11.3 Å². The number of thiazole rings is 1. The maximum atomic E-state index is 13.9. The quantitative estimate of drug-likeness (QED) is 0.399. The van der Waals surface area contributed by atoms with Gasteiger partial charge >= 0.3 is 5.97 Å². The van der Waals surface area contributed by atoms with Crippen molar-refractivity contribution in [3.63, 3.8) is 0 Å². The van der Waals surface area contributed by atoms with Gasteiger partial charge in [0, 0.05) is 28.6 Å². The summed E-state index contributed by atoms with van der Waals surface area (Å²) in [5.74, 6) is -1.51. The molecular formula is C22H18F2N2O5S. The SMILES string of the molecule is COc1ccc(/C=C/C(=O)OCC(=O)Nc2nc(-c3cc(F)ccc3F)cs2)c(OC)c1. The summed E-state index contributed by atoms with van der Waals surface area (Å²) in [5.41, 5.74) is 0.775. The van der Waals surface area contributed by atoms with Crippen LogP contribution in [0.3, 0.4) is 0 Å². The highest BCUT2D eigenvalue weighted by molar-refractivity contribution is 7.14. The average molecular weight is 460 g/mol. The number of esters is 1. The number of carbonyl (C=O) groups is 2. The Bertz CT molecular complexity index is 1160. The molecule has 1 N–H and O–H groups in total. The molecule has 0 aliphatic rings. The number of anilines is 1. The fourth-order valence-corrected chi connectivity index (χ4v) is 3.33. The first-order chi connectivity index (χ1) is 15.4. The standard InChI is InChI=1S/C22H18F2N2O5S/c1-29-15-6-3-13(19(10-15)30-2)4-8-21(28)31-11-20(27)26-22-25-18(12-32-22)16-9-14(23)5-7-17(16)24/h3-10,12H,11H2,1-2H3,(H,25,26,27)/b8-4+. The Morgan fingerprint density at radius 1 is 1.12 bits per heavy atom. The third-order valence-corrected chi connectivity index (χ3v) is 4.90. The lowest BCUT2D eigenvalue weighted by Gasteiger charge is -2.07. The lowest BCUT2D eigenvalue weighted by Crippen LogP contribution is -2.20. The molecule has 1 heterocycles. The molecule has 2 aromatic carbocycles. The minimum Gasteiger partial charge on any atom is -0.497 e. The molecule has 32 heavy (non-hydrogen) atoms. The Morgan fingerprint density at radius 3 is 2.69 bits per heavy atom. The average Bonchev–Trinajstić information content (AvgIpc) is 3.25. The number of hydrogen-bond acceptors (Lipinski definition) is 7. The van der Waals surface area contributed by atoms with Crippen molar-refractivity contribution in [2.45, 2.75) is 0 Å². The second-order valence-electron chi connectivity index (χ2n) is 6.26. The zero-order chi connectivity index (χ0) is 23.1. The molecule has 7 nitrogen and oxygen atoms in total. The van der Waals surface area contributed by atoms with Gasteiger partial charge in [0.05, 0.1) is 19.9 Å². The number of carbonyl (C=O) groups excluding carboxylic acids is 2. The summed E-state index contributed by atoms with van der Waals surface area (Å²) in [4.78, 5) is 28.0. The van der Waals surface area contributed by atoms with Crippen LogP contribution >= 0.6 is 11.3 Å². The topological polar surface area (TPSA) is 86.8 Å². The molecule has 0 saturated heterocycles. The molecule has 0 unspecified atom stereocenters. The third-order valence-electron chi connectivity index (χ3n) is 4.14. The van der Waals surface area contributed by atoms with E-state index in [4.69, 9.17) is 14.2 Å². The van der Waals surface area contributed by atoms with Crippen molar-refractivity contribution < 1.29 is 32.6 Å². The Kier molecular flexibility index (Phi) is 7.50. The van der Waals surface area contributed by atoms with Gasteiger partial charge in [-0.05, 0) is 36.4 Å². The Labute approximate surface area is 186 Å². The van der Waals surface area contributed by atoms with Gasteiger partial charge in [0.15, 0.2) is 11.7 Å². The zero-order valence-electron chi connectivity index (χ0n) is 17.1. The van der Waals surface area contributed by atoms with Crippen LogP contribution in [0, 0.1) is 11.6 Å². The van der Waals surface area contributed by atoms with Crippen molar-refractivity contribution in [3.8, 4) is 22.8 Å². The lowest BCUT2D eigenvalue weighted by atomic mass is 10.1. The highest BCUT2D eigenvalue weighted by atomic mass is 32.1. The van der Waals surface area contributed by atoms with Gasteiger partial charge in [-0.25, -0.2) is 18.6 Å². The van der Waals surface area contributed by atoms with Crippen molar-refractivity contribution in [1.82, 2.24) is 4.98 Å². The Balaban J connectivity index is 1.54. The van der Waals surface area contributed by atoms with Crippen molar-refractivity contribution in [2.24, 2.45) is 0 Å². The van der Waals surface area contributed by atoms with E-state index in [1.807, 2.05) is 0 Å². The third kappa shape index (κ3) is 5.88.